The molecule has 40 valence electrons. The number of nitrogens with zero attached hydrogens (tertiary/aromatic N) is 1. The molecule has 2 heteroatoms. The summed E-state index contributed by atoms with van der Waals surface area (Å²) in [5, 5.41) is 3.70. The SMILES string of the molecule is C=C(C)/C=N\NC. The second kappa shape index (κ2) is 3.40. The van der Waals surface area contributed by atoms with Crippen molar-refractivity contribution in [2.75, 3.05) is 7.05 Å². The van der Waals surface area contributed by atoms with Crippen LogP contribution in [0.15, 0.2) is 17.3 Å². The smallest absolute Gasteiger partial charge is 0.0491 e. The quantitative estimate of drug-likeness (QED) is 0.400. The highest BCUT2D eigenvalue weighted by Crippen LogP contribution is 1.75. The molecule has 0 aromatic carbocycles. The van der Waals surface area contributed by atoms with E-state index in [0.29, 0.717) is 0 Å². The molecule has 0 aliphatic carbocycles. The van der Waals surface area contributed by atoms with E-state index < -0.39 is 0 Å². The second-order valence-corrected chi connectivity index (χ2v) is 1.33. The van der Waals surface area contributed by atoms with Crippen molar-refractivity contribution in [1.29, 1.82) is 0 Å². The lowest BCUT2D eigenvalue weighted by Crippen LogP contribution is -1.93. The monoisotopic (exact) mass is 98.1 g/mol. The van der Waals surface area contributed by atoms with Crippen molar-refractivity contribution < 1.29 is 0 Å². The van der Waals surface area contributed by atoms with Crippen molar-refractivity contribution in [2.24, 2.45) is 5.10 Å². The third-order valence-corrected chi connectivity index (χ3v) is 0.414. The normalized spacial score (nSPS) is 9.43. The molecular formula is C5H10N2. The Labute approximate surface area is 43.9 Å². The van der Waals surface area contributed by atoms with Crippen LogP contribution >= 0.6 is 0 Å². The van der Waals surface area contributed by atoms with Gasteiger partial charge in [-0.25, -0.2) is 0 Å². The molecule has 0 spiro atoms. The minimum atomic E-state index is 0.953. The molecule has 0 atom stereocenters. The third-order valence-electron chi connectivity index (χ3n) is 0.414. The van der Waals surface area contributed by atoms with E-state index in [9.17, 15) is 0 Å². The van der Waals surface area contributed by atoms with Gasteiger partial charge < -0.3 is 5.43 Å². The summed E-state index contributed by atoms with van der Waals surface area (Å²) in [6.45, 7) is 5.49. The first kappa shape index (κ1) is 6.21. The predicted molar refractivity (Wildman–Crippen MR) is 32.4 cm³/mol. The van der Waals surface area contributed by atoms with E-state index in [2.05, 4.69) is 17.1 Å². The van der Waals surface area contributed by atoms with Gasteiger partial charge >= 0.3 is 0 Å². The Morgan fingerprint density at radius 1 is 1.86 bits per heavy atom. The van der Waals surface area contributed by atoms with Crippen LogP contribution in [0.2, 0.25) is 0 Å². The Morgan fingerprint density at radius 3 is 2.57 bits per heavy atom. The van der Waals surface area contributed by atoms with Crippen molar-refractivity contribution in [3.05, 3.63) is 12.2 Å². The molecule has 0 aliphatic rings. The molecule has 0 aliphatic heterocycles. The zero-order valence-electron chi connectivity index (χ0n) is 4.73. The molecule has 0 heterocycles. The first-order valence-corrected chi connectivity index (χ1v) is 2.12. The van der Waals surface area contributed by atoms with Crippen molar-refractivity contribution in [1.82, 2.24) is 5.43 Å². The molecule has 0 amide bonds. The van der Waals surface area contributed by atoms with Crippen LogP contribution in [-0.2, 0) is 0 Å². The number of hydrogen-bond acceptors (Lipinski definition) is 2. The lowest BCUT2D eigenvalue weighted by Gasteiger charge is -1.83. The molecule has 0 saturated carbocycles. The maximum Gasteiger partial charge on any atom is 0.0491 e. The van der Waals surface area contributed by atoms with Crippen molar-refractivity contribution >= 4 is 6.21 Å². The summed E-state index contributed by atoms with van der Waals surface area (Å²) in [4.78, 5) is 0. The molecule has 0 bridgehead atoms. The van der Waals surface area contributed by atoms with E-state index in [1.54, 1.807) is 13.3 Å². The molecule has 7 heavy (non-hydrogen) atoms. The second-order valence-electron chi connectivity index (χ2n) is 1.33. The zero-order chi connectivity index (χ0) is 5.70. The lowest BCUT2D eigenvalue weighted by molar-refractivity contribution is 0.907. The van der Waals surface area contributed by atoms with Crippen LogP contribution in [0.5, 0.6) is 0 Å². The summed E-state index contributed by atoms with van der Waals surface area (Å²) in [6, 6.07) is 0. The highest BCUT2D eigenvalue weighted by atomic mass is 15.3. The van der Waals surface area contributed by atoms with E-state index in [0.717, 1.165) is 5.57 Å². The number of rotatable bonds is 2. The van der Waals surface area contributed by atoms with Crippen LogP contribution < -0.4 is 5.43 Å². The maximum atomic E-state index is 3.70. The van der Waals surface area contributed by atoms with Gasteiger partial charge in [0.15, 0.2) is 0 Å². The minimum Gasteiger partial charge on any atom is -0.313 e. The maximum absolute atomic E-state index is 3.70. The van der Waals surface area contributed by atoms with Crippen LogP contribution in [-0.4, -0.2) is 13.3 Å². The molecular weight excluding hydrogens is 88.1 g/mol. The van der Waals surface area contributed by atoms with Gasteiger partial charge in [-0.15, -0.1) is 0 Å². The van der Waals surface area contributed by atoms with E-state index in [4.69, 9.17) is 0 Å². The van der Waals surface area contributed by atoms with Gasteiger partial charge in [-0.05, 0) is 12.5 Å². The summed E-state index contributed by atoms with van der Waals surface area (Å²) < 4.78 is 0. The Balaban J connectivity index is 3.26. The number of hydrazone groups is 1. The fraction of sp³-hybridized carbons (Fsp3) is 0.400. The van der Waals surface area contributed by atoms with Crippen LogP contribution in [0.25, 0.3) is 0 Å². The first-order valence-electron chi connectivity index (χ1n) is 2.12. The Bertz CT molecular complexity index is 84.1. The van der Waals surface area contributed by atoms with Gasteiger partial charge in [-0.1, -0.05) is 6.58 Å². The van der Waals surface area contributed by atoms with E-state index in [1.807, 2.05) is 6.92 Å². The van der Waals surface area contributed by atoms with Gasteiger partial charge in [0.2, 0.25) is 0 Å². The Hall–Kier alpha value is -0.790. The number of nitrogens with one attached hydrogen (secondary N) is 1. The highest BCUT2D eigenvalue weighted by molar-refractivity contribution is 5.76. The summed E-state index contributed by atoms with van der Waals surface area (Å²) in [5.74, 6) is 0. The summed E-state index contributed by atoms with van der Waals surface area (Å²) in [6.07, 6.45) is 1.67. The summed E-state index contributed by atoms with van der Waals surface area (Å²) in [5.41, 5.74) is 3.56. The molecule has 0 fully saturated rings. The van der Waals surface area contributed by atoms with E-state index >= 15 is 0 Å². The van der Waals surface area contributed by atoms with Gasteiger partial charge in [0, 0.05) is 13.3 Å². The van der Waals surface area contributed by atoms with E-state index in [1.165, 1.54) is 0 Å². The minimum absolute atomic E-state index is 0.953. The molecule has 0 aromatic rings. The van der Waals surface area contributed by atoms with Gasteiger partial charge in [0.25, 0.3) is 0 Å². The van der Waals surface area contributed by atoms with Crippen LogP contribution in [0, 0.1) is 0 Å². The van der Waals surface area contributed by atoms with Crippen molar-refractivity contribution in [3.63, 3.8) is 0 Å². The number of hydrogen-bond donors (Lipinski definition) is 1. The largest absolute Gasteiger partial charge is 0.313 e. The Morgan fingerprint density at radius 2 is 2.43 bits per heavy atom. The summed E-state index contributed by atoms with van der Waals surface area (Å²) in [7, 11) is 1.75. The van der Waals surface area contributed by atoms with Crippen LogP contribution in [0.1, 0.15) is 6.92 Å². The van der Waals surface area contributed by atoms with Gasteiger partial charge in [-0.3, -0.25) is 0 Å². The molecule has 0 saturated heterocycles. The van der Waals surface area contributed by atoms with Gasteiger partial charge in [0.1, 0.15) is 0 Å². The molecule has 0 aromatic heterocycles. The van der Waals surface area contributed by atoms with Gasteiger partial charge in [0.05, 0.1) is 0 Å². The lowest BCUT2D eigenvalue weighted by atomic mass is 10.4. The third kappa shape index (κ3) is 5.21. The zero-order valence-corrected chi connectivity index (χ0v) is 4.73. The average Bonchev–Trinajstić information content (AvgIpc) is 1.61. The van der Waals surface area contributed by atoms with E-state index in [-0.39, 0.29) is 0 Å². The molecule has 0 radical (unpaired) electrons. The highest BCUT2D eigenvalue weighted by Gasteiger charge is 1.68. The van der Waals surface area contributed by atoms with Crippen LogP contribution in [0.4, 0.5) is 0 Å². The fourth-order valence-electron chi connectivity index (χ4n) is 0.175. The topological polar surface area (TPSA) is 24.4 Å². The standard InChI is InChI=1S/C5H10N2/c1-5(2)4-7-6-3/h4,6H,1H2,2-3H3/b7-4-. The first-order chi connectivity index (χ1) is 3.27. The van der Waals surface area contributed by atoms with Crippen LogP contribution in [0.3, 0.4) is 0 Å². The van der Waals surface area contributed by atoms with Crippen molar-refractivity contribution in [2.45, 2.75) is 6.92 Å². The Kier molecular flexibility index (Phi) is 3.02. The molecule has 2 nitrogen and oxygen atoms in total. The molecule has 0 unspecified atom stereocenters. The molecule has 0 rings (SSSR count). The van der Waals surface area contributed by atoms with Gasteiger partial charge in [-0.2, -0.15) is 5.10 Å². The predicted octanol–water partition coefficient (Wildman–Crippen LogP) is 0.768. The molecule has 1 N–H and O–H groups in total. The van der Waals surface area contributed by atoms with Crippen molar-refractivity contribution in [3.8, 4) is 0 Å². The fourth-order valence-corrected chi connectivity index (χ4v) is 0.175. The average molecular weight is 98.1 g/mol. The number of allylic oxidation sites excluding steroid dienone is 1. The summed E-state index contributed by atoms with van der Waals surface area (Å²) >= 11 is 0.